The van der Waals surface area contributed by atoms with Gasteiger partial charge in [0.2, 0.25) is 0 Å². The zero-order valence-electron chi connectivity index (χ0n) is 14.9. The predicted molar refractivity (Wildman–Crippen MR) is 104 cm³/mol. The summed E-state index contributed by atoms with van der Waals surface area (Å²) in [7, 11) is 0. The van der Waals surface area contributed by atoms with Crippen LogP contribution < -0.4 is 4.74 Å². The minimum atomic E-state index is -1.30. The zero-order chi connectivity index (χ0) is 19.9. The molecule has 0 bridgehead atoms. The Balaban J connectivity index is 2.11. The third kappa shape index (κ3) is 3.01. The van der Waals surface area contributed by atoms with Gasteiger partial charge in [-0.3, -0.25) is 4.79 Å². The van der Waals surface area contributed by atoms with Gasteiger partial charge in [0.1, 0.15) is 21.5 Å². The second-order valence-corrected chi connectivity index (χ2v) is 8.23. The van der Waals surface area contributed by atoms with Gasteiger partial charge in [-0.05, 0) is 42.3 Å². The lowest BCUT2D eigenvalue weighted by Gasteiger charge is -2.22. The van der Waals surface area contributed by atoms with Crippen LogP contribution >= 0.6 is 23.2 Å². The van der Waals surface area contributed by atoms with Gasteiger partial charge in [-0.15, -0.1) is 0 Å². The van der Waals surface area contributed by atoms with Crippen LogP contribution in [0.1, 0.15) is 19.4 Å². The van der Waals surface area contributed by atoms with Gasteiger partial charge in [0.25, 0.3) is 0 Å². The van der Waals surface area contributed by atoms with E-state index >= 15 is 0 Å². The van der Waals surface area contributed by atoms with Gasteiger partial charge in [-0.1, -0.05) is 67.4 Å². The third-order valence-corrected chi connectivity index (χ3v) is 5.87. The smallest absolute Gasteiger partial charge is 0.315 e. The van der Waals surface area contributed by atoms with Gasteiger partial charge in [-0.2, -0.15) is 0 Å². The Morgan fingerprint density at radius 2 is 1.70 bits per heavy atom. The lowest BCUT2D eigenvalue weighted by Crippen LogP contribution is -2.33. The first-order chi connectivity index (χ1) is 12.7. The molecule has 0 spiro atoms. The van der Waals surface area contributed by atoms with Crippen LogP contribution in [0.2, 0.25) is 0 Å². The van der Waals surface area contributed by atoms with Gasteiger partial charge in [0, 0.05) is 5.41 Å². The number of carboxylic acids is 1. The molecule has 0 aromatic heterocycles. The average molecular weight is 409 g/mol. The average Bonchev–Trinajstić information content (AvgIpc) is 2.99. The van der Waals surface area contributed by atoms with Crippen molar-refractivity contribution in [3.05, 3.63) is 76.5 Å². The number of halogens is 3. The molecule has 0 aliphatic heterocycles. The molecule has 6 heteroatoms. The van der Waals surface area contributed by atoms with Gasteiger partial charge in [0.15, 0.2) is 5.60 Å². The van der Waals surface area contributed by atoms with E-state index in [1.807, 2.05) is 30.3 Å². The van der Waals surface area contributed by atoms with Crippen LogP contribution in [0.3, 0.4) is 0 Å². The van der Waals surface area contributed by atoms with E-state index in [4.69, 9.17) is 27.9 Å². The molecular weight excluding hydrogens is 390 g/mol. The summed E-state index contributed by atoms with van der Waals surface area (Å²) >= 11 is 11.9. The van der Waals surface area contributed by atoms with Gasteiger partial charge in [0.05, 0.1) is 0 Å². The number of hydrogen-bond donors (Lipinski definition) is 1. The van der Waals surface area contributed by atoms with E-state index < -0.39 is 28.2 Å². The van der Waals surface area contributed by atoms with Gasteiger partial charge in [-0.25, -0.2) is 4.39 Å². The van der Waals surface area contributed by atoms with E-state index in [9.17, 15) is 14.3 Å². The minimum Gasteiger partial charge on any atom is -0.481 e. The van der Waals surface area contributed by atoms with Crippen molar-refractivity contribution in [3.63, 3.8) is 0 Å². The highest BCUT2D eigenvalue weighted by atomic mass is 35.5. The van der Waals surface area contributed by atoms with Crippen molar-refractivity contribution in [2.75, 3.05) is 0 Å². The monoisotopic (exact) mass is 408 g/mol. The summed E-state index contributed by atoms with van der Waals surface area (Å²) in [5.41, 5.74) is -2.56. The van der Waals surface area contributed by atoms with Crippen molar-refractivity contribution >= 4 is 29.2 Å². The number of carboxylic acid groups (broad SMARTS) is 1. The van der Waals surface area contributed by atoms with Crippen LogP contribution in [0.15, 0.2) is 65.2 Å². The van der Waals surface area contributed by atoms with E-state index in [1.54, 1.807) is 13.8 Å². The summed E-state index contributed by atoms with van der Waals surface area (Å²) in [5.74, 6) is -1.08. The molecular formula is C21H19Cl2FO3. The Hall–Kier alpha value is -2.04. The molecule has 1 saturated carbocycles. The highest BCUT2D eigenvalue weighted by molar-refractivity contribution is 6.56. The quantitative estimate of drug-likeness (QED) is 0.674. The zero-order valence-corrected chi connectivity index (χ0v) is 16.4. The molecule has 0 amide bonds. The number of benzene rings is 2. The Labute approximate surface area is 167 Å². The molecule has 1 N–H and O–H groups in total. The van der Waals surface area contributed by atoms with Crippen molar-refractivity contribution in [1.29, 1.82) is 0 Å². The molecule has 0 radical (unpaired) electrons. The second-order valence-electron chi connectivity index (χ2n) is 7.22. The molecule has 3 nitrogen and oxygen atoms in total. The Morgan fingerprint density at radius 1 is 1.11 bits per heavy atom. The minimum absolute atomic E-state index is 0.0821. The van der Waals surface area contributed by atoms with Crippen LogP contribution in [-0.4, -0.2) is 16.7 Å². The van der Waals surface area contributed by atoms with Crippen LogP contribution in [0.5, 0.6) is 5.75 Å². The molecule has 2 atom stereocenters. The fourth-order valence-electron chi connectivity index (χ4n) is 4.11. The fourth-order valence-corrected chi connectivity index (χ4v) is 4.41. The largest absolute Gasteiger partial charge is 0.481 e. The Morgan fingerprint density at radius 3 is 2.22 bits per heavy atom. The highest BCUT2D eigenvalue weighted by Crippen LogP contribution is 2.75. The standard InChI is InChI=1S/C21H19Cl2FO3/c1-19(2)20(18(25)26,12-14-6-4-3-5-7-14)21(19,13-17(22)23)27-16-10-8-15(24)9-11-16/h3-11,13H,12H2,1-2H3,(H,25,26). The van der Waals surface area contributed by atoms with Gasteiger partial charge < -0.3 is 9.84 Å². The van der Waals surface area contributed by atoms with E-state index in [2.05, 4.69) is 0 Å². The molecule has 142 valence electrons. The fraction of sp³-hybridized carbons (Fsp3) is 0.286. The molecule has 1 fully saturated rings. The number of ether oxygens (including phenoxy) is 1. The van der Waals surface area contributed by atoms with Crippen molar-refractivity contribution in [2.24, 2.45) is 10.8 Å². The molecule has 2 aromatic rings. The molecule has 1 aliphatic rings. The van der Waals surface area contributed by atoms with Crippen molar-refractivity contribution in [3.8, 4) is 5.75 Å². The number of rotatable bonds is 6. The maximum Gasteiger partial charge on any atom is 0.315 e. The number of hydrogen-bond acceptors (Lipinski definition) is 2. The summed E-state index contributed by atoms with van der Waals surface area (Å²) in [6, 6.07) is 14.7. The number of carbonyl (C=O) groups is 1. The van der Waals surface area contributed by atoms with E-state index in [1.165, 1.54) is 30.3 Å². The lowest BCUT2D eigenvalue weighted by molar-refractivity contribution is -0.146. The third-order valence-electron chi connectivity index (χ3n) is 5.65. The summed E-state index contributed by atoms with van der Waals surface area (Å²) in [5, 5.41) is 10.2. The van der Waals surface area contributed by atoms with Crippen LogP contribution in [0.4, 0.5) is 4.39 Å². The summed E-state index contributed by atoms with van der Waals surface area (Å²) < 4.78 is 19.3. The lowest BCUT2D eigenvalue weighted by atomic mass is 9.88. The summed E-state index contributed by atoms with van der Waals surface area (Å²) in [4.78, 5) is 12.5. The number of aliphatic carboxylic acids is 1. The maximum absolute atomic E-state index is 13.3. The molecule has 1 aliphatic carbocycles. The molecule has 3 rings (SSSR count). The first-order valence-electron chi connectivity index (χ1n) is 8.42. The van der Waals surface area contributed by atoms with Crippen LogP contribution in [0, 0.1) is 16.6 Å². The summed E-state index contributed by atoms with van der Waals surface area (Å²) in [6.45, 7) is 3.61. The van der Waals surface area contributed by atoms with E-state index in [0.29, 0.717) is 5.75 Å². The first kappa shape index (κ1) is 19.7. The van der Waals surface area contributed by atoms with Crippen molar-refractivity contribution in [1.82, 2.24) is 0 Å². The van der Waals surface area contributed by atoms with Gasteiger partial charge >= 0.3 is 5.97 Å². The van der Waals surface area contributed by atoms with E-state index in [0.717, 1.165) is 5.56 Å². The van der Waals surface area contributed by atoms with Crippen molar-refractivity contribution < 1.29 is 19.0 Å². The topological polar surface area (TPSA) is 46.5 Å². The van der Waals surface area contributed by atoms with Crippen molar-refractivity contribution in [2.45, 2.75) is 25.9 Å². The maximum atomic E-state index is 13.3. The second kappa shape index (κ2) is 6.84. The normalized spacial score (nSPS) is 25.5. The SMILES string of the molecule is CC1(C)C(C=C(Cl)Cl)(Oc2ccc(F)cc2)C1(Cc1ccccc1)C(=O)O. The molecule has 2 aromatic carbocycles. The highest BCUT2D eigenvalue weighted by Gasteiger charge is 2.88. The molecule has 27 heavy (non-hydrogen) atoms. The van der Waals surface area contributed by atoms with Crippen LogP contribution in [-0.2, 0) is 11.2 Å². The van der Waals surface area contributed by atoms with Crippen LogP contribution in [0.25, 0.3) is 0 Å². The molecule has 2 unspecified atom stereocenters. The predicted octanol–water partition coefficient (Wildman–Crippen LogP) is 5.62. The molecule has 0 heterocycles. The molecule has 0 saturated heterocycles. The summed E-state index contributed by atoms with van der Waals surface area (Å²) in [6.07, 6.45) is 1.67. The first-order valence-corrected chi connectivity index (χ1v) is 9.18. The Bertz CT molecular complexity index is 876. The Kier molecular flexibility index (Phi) is 5.00. The van der Waals surface area contributed by atoms with E-state index in [-0.39, 0.29) is 10.9 Å².